The van der Waals surface area contributed by atoms with Crippen LogP contribution in [0.2, 0.25) is 0 Å². The SMILES string of the molecule is CCCCCCOc1ccc(Cn2sc3ccccc3c2=O)cc1. The third-order valence-corrected chi connectivity index (χ3v) is 5.14. The number of unbranched alkanes of at least 4 members (excludes halogenated alkanes) is 3. The zero-order chi connectivity index (χ0) is 16.8. The van der Waals surface area contributed by atoms with Crippen molar-refractivity contribution in [1.29, 1.82) is 0 Å². The van der Waals surface area contributed by atoms with Crippen LogP contribution in [0.1, 0.15) is 38.2 Å². The summed E-state index contributed by atoms with van der Waals surface area (Å²) in [4.78, 5) is 12.4. The van der Waals surface area contributed by atoms with Gasteiger partial charge >= 0.3 is 0 Å². The van der Waals surface area contributed by atoms with E-state index in [0.717, 1.165) is 34.4 Å². The van der Waals surface area contributed by atoms with Crippen LogP contribution in [-0.2, 0) is 6.54 Å². The topological polar surface area (TPSA) is 31.2 Å². The molecule has 0 saturated heterocycles. The van der Waals surface area contributed by atoms with Crippen molar-refractivity contribution in [1.82, 2.24) is 3.96 Å². The van der Waals surface area contributed by atoms with E-state index in [0.29, 0.717) is 6.54 Å². The molecule has 0 aliphatic rings. The zero-order valence-electron chi connectivity index (χ0n) is 14.0. The van der Waals surface area contributed by atoms with Crippen molar-refractivity contribution in [3.8, 4) is 5.75 Å². The second-order valence-corrected chi connectivity index (χ2v) is 7.05. The van der Waals surface area contributed by atoms with E-state index in [1.54, 1.807) is 0 Å². The number of nitrogens with zero attached hydrogens (tertiary/aromatic N) is 1. The van der Waals surface area contributed by atoms with Crippen molar-refractivity contribution in [2.24, 2.45) is 0 Å². The summed E-state index contributed by atoms with van der Waals surface area (Å²) in [6.45, 7) is 3.59. The molecule has 0 amide bonds. The Kier molecular flexibility index (Phi) is 5.70. The van der Waals surface area contributed by atoms with Crippen LogP contribution in [0.15, 0.2) is 53.3 Å². The lowest BCUT2D eigenvalue weighted by Gasteiger charge is -2.07. The zero-order valence-corrected chi connectivity index (χ0v) is 14.8. The Morgan fingerprint density at radius 3 is 2.54 bits per heavy atom. The normalized spacial score (nSPS) is 11.0. The van der Waals surface area contributed by atoms with Crippen LogP contribution >= 0.6 is 11.5 Å². The summed E-state index contributed by atoms with van der Waals surface area (Å²) < 4.78 is 8.61. The fourth-order valence-electron chi connectivity index (χ4n) is 2.70. The average Bonchev–Trinajstić information content (AvgIpc) is 2.92. The van der Waals surface area contributed by atoms with Gasteiger partial charge in [-0.3, -0.25) is 8.75 Å². The molecule has 24 heavy (non-hydrogen) atoms. The van der Waals surface area contributed by atoms with Crippen molar-refractivity contribution < 1.29 is 4.74 Å². The highest BCUT2D eigenvalue weighted by Crippen LogP contribution is 2.18. The molecule has 3 rings (SSSR count). The van der Waals surface area contributed by atoms with E-state index in [-0.39, 0.29) is 5.56 Å². The molecule has 0 aliphatic heterocycles. The van der Waals surface area contributed by atoms with E-state index in [2.05, 4.69) is 6.92 Å². The molecule has 0 atom stereocenters. The maximum atomic E-state index is 12.4. The van der Waals surface area contributed by atoms with Gasteiger partial charge in [0.1, 0.15) is 5.75 Å². The molecule has 0 saturated carbocycles. The third kappa shape index (κ3) is 4.06. The molecule has 126 valence electrons. The molecule has 0 unspecified atom stereocenters. The molecule has 3 nitrogen and oxygen atoms in total. The summed E-state index contributed by atoms with van der Waals surface area (Å²) in [5, 5.41) is 0.800. The highest BCUT2D eigenvalue weighted by atomic mass is 32.1. The molecule has 1 heterocycles. The van der Waals surface area contributed by atoms with E-state index in [1.807, 2.05) is 52.5 Å². The van der Waals surface area contributed by atoms with Crippen LogP contribution in [0.5, 0.6) is 5.75 Å². The molecule has 1 aromatic heterocycles. The first-order chi connectivity index (χ1) is 11.8. The fraction of sp³-hybridized carbons (Fsp3) is 0.350. The summed E-state index contributed by atoms with van der Waals surface area (Å²) in [7, 11) is 0. The first-order valence-corrected chi connectivity index (χ1v) is 9.36. The van der Waals surface area contributed by atoms with Gasteiger partial charge in [-0.15, -0.1) is 0 Å². The minimum absolute atomic E-state index is 0.0897. The van der Waals surface area contributed by atoms with Gasteiger partial charge in [0, 0.05) is 0 Å². The van der Waals surface area contributed by atoms with Crippen LogP contribution in [0.4, 0.5) is 0 Å². The Bertz CT molecular complexity index is 833. The predicted molar refractivity (Wildman–Crippen MR) is 101 cm³/mol. The first kappa shape index (κ1) is 16.8. The number of fused-ring (bicyclic) bond motifs is 1. The Balaban J connectivity index is 1.61. The average molecular weight is 341 g/mol. The van der Waals surface area contributed by atoms with E-state index in [1.165, 1.54) is 30.8 Å². The van der Waals surface area contributed by atoms with Gasteiger partial charge in [0.15, 0.2) is 0 Å². The largest absolute Gasteiger partial charge is 0.494 e. The minimum atomic E-state index is 0.0897. The Morgan fingerprint density at radius 1 is 1.00 bits per heavy atom. The molecule has 0 bridgehead atoms. The number of ether oxygens (including phenoxy) is 1. The van der Waals surface area contributed by atoms with E-state index in [9.17, 15) is 4.79 Å². The van der Waals surface area contributed by atoms with Gasteiger partial charge in [-0.25, -0.2) is 0 Å². The smallest absolute Gasteiger partial charge is 0.268 e. The molecule has 0 fully saturated rings. The van der Waals surface area contributed by atoms with Gasteiger partial charge in [-0.2, -0.15) is 0 Å². The van der Waals surface area contributed by atoms with Gasteiger partial charge in [-0.05, 0) is 36.2 Å². The van der Waals surface area contributed by atoms with Crippen LogP contribution in [0.3, 0.4) is 0 Å². The number of hydrogen-bond donors (Lipinski definition) is 0. The quantitative estimate of drug-likeness (QED) is 0.536. The van der Waals surface area contributed by atoms with Crippen molar-refractivity contribution in [3.05, 3.63) is 64.4 Å². The molecule has 0 radical (unpaired) electrons. The number of rotatable bonds is 8. The van der Waals surface area contributed by atoms with Gasteiger partial charge < -0.3 is 4.74 Å². The standard InChI is InChI=1S/C20H23NO2S/c1-2-3-4-7-14-23-17-12-10-16(11-13-17)15-21-20(22)18-8-5-6-9-19(18)24-21/h5-6,8-13H,2-4,7,14-15H2,1H3. The maximum Gasteiger partial charge on any atom is 0.268 e. The van der Waals surface area contributed by atoms with E-state index < -0.39 is 0 Å². The summed E-state index contributed by atoms with van der Waals surface area (Å²) in [5.41, 5.74) is 1.20. The molecule has 2 aromatic carbocycles. The number of aromatic nitrogens is 1. The van der Waals surface area contributed by atoms with Crippen molar-refractivity contribution in [2.45, 2.75) is 39.2 Å². The van der Waals surface area contributed by atoms with Crippen molar-refractivity contribution in [3.63, 3.8) is 0 Å². The fourth-order valence-corrected chi connectivity index (χ4v) is 3.72. The number of hydrogen-bond acceptors (Lipinski definition) is 3. The van der Waals surface area contributed by atoms with Crippen LogP contribution in [0, 0.1) is 0 Å². The van der Waals surface area contributed by atoms with Gasteiger partial charge in [0.25, 0.3) is 5.56 Å². The van der Waals surface area contributed by atoms with Crippen LogP contribution in [0.25, 0.3) is 10.1 Å². The van der Waals surface area contributed by atoms with Crippen LogP contribution < -0.4 is 10.3 Å². The molecule has 3 aromatic rings. The maximum absolute atomic E-state index is 12.4. The summed E-state index contributed by atoms with van der Waals surface area (Å²) in [5.74, 6) is 0.902. The van der Waals surface area contributed by atoms with Gasteiger partial charge in [0.2, 0.25) is 0 Å². The van der Waals surface area contributed by atoms with Gasteiger partial charge in [-0.1, -0.05) is 62.0 Å². The first-order valence-electron chi connectivity index (χ1n) is 8.58. The van der Waals surface area contributed by atoms with E-state index >= 15 is 0 Å². The molecule has 0 N–H and O–H groups in total. The van der Waals surface area contributed by atoms with Crippen LogP contribution in [-0.4, -0.2) is 10.6 Å². The molecular formula is C20H23NO2S. The summed E-state index contributed by atoms with van der Waals surface area (Å²) in [6.07, 6.45) is 4.84. The molecule has 0 spiro atoms. The molecule has 4 heteroatoms. The Morgan fingerprint density at radius 2 is 1.79 bits per heavy atom. The van der Waals surface area contributed by atoms with E-state index in [4.69, 9.17) is 4.74 Å². The third-order valence-electron chi connectivity index (χ3n) is 4.07. The Labute approximate surface area is 146 Å². The summed E-state index contributed by atoms with van der Waals surface area (Å²) in [6, 6.07) is 15.8. The monoisotopic (exact) mass is 341 g/mol. The predicted octanol–water partition coefficient (Wildman–Crippen LogP) is 5.07. The summed E-state index contributed by atoms with van der Waals surface area (Å²) >= 11 is 1.52. The second-order valence-electron chi connectivity index (χ2n) is 5.98. The molecular weight excluding hydrogens is 318 g/mol. The minimum Gasteiger partial charge on any atom is -0.494 e. The second kappa shape index (κ2) is 8.15. The lowest BCUT2D eigenvalue weighted by atomic mass is 10.2. The van der Waals surface area contributed by atoms with Gasteiger partial charge in [0.05, 0.1) is 23.2 Å². The lowest BCUT2D eigenvalue weighted by Crippen LogP contribution is -2.13. The molecule has 0 aliphatic carbocycles. The Hall–Kier alpha value is -2.07. The van der Waals surface area contributed by atoms with Crippen molar-refractivity contribution in [2.75, 3.05) is 6.61 Å². The van der Waals surface area contributed by atoms with Crippen molar-refractivity contribution >= 4 is 21.6 Å². The number of benzene rings is 2. The lowest BCUT2D eigenvalue weighted by molar-refractivity contribution is 0.305. The highest BCUT2D eigenvalue weighted by molar-refractivity contribution is 7.13. The highest BCUT2D eigenvalue weighted by Gasteiger charge is 2.07.